The molecule has 3 rings (SSSR count). The van der Waals surface area contributed by atoms with Gasteiger partial charge in [-0.1, -0.05) is 30.3 Å². The molecular formula is C19H15F3N2O3S. The molecule has 0 spiro atoms. The third kappa shape index (κ3) is 4.68. The number of benzene rings is 2. The van der Waals surface area contributed by atoms with E-state index in [2.05, 4.69) is 10.3 Å². The van der Waals surface area contributed by atoms with Gasteiger partial charge in [-0.05, 0) is 29.8 Å². The van der Waals surface area contributed by atoms with E-state index in [1.165, 1.54) is 30.5 Å². The van der Waals surface area contributed by atoms with Gasteiger partial charge in [-0.2, -0.15) is 13.2 Å². The molecular weight excluding hydrogens is 393 g/mol. The van der Waals surface area contributed by atoms with E-state index in [0.29, 0.717) is 11.3 Å². The SMILES string of the molecule is O=C(Nc1ccc(CS(=O)O)cc1)c1c[nH]c(-c2ccccc2C(F)(F)F)c1. The first kappa shape index (κ1) is 19.8. The molecule has 1 unspecified atom stereocenters. The van der Waals surface area contributed by atoms with E-state index in [4.69, 9.17) is 4.55 Å². The standard InChI is InChI=1S/C19H15F3N2O3S/c20-19(21,22)16-4-2-1-3-15(16)17-9-13(10-23-17)18(25)24-14-7-5-12(6-8-14)11-28(26)27/h1-10,23H,11H2,(H,24,25)(H,26,27). The quantitative estimate of drug-likeness (QED) is 0.537. The Kier molecular flexibility index (Phi) is 5.66. The van der Waals surface area contributed by atoms with Crippen molar-refractivity contribution in [1.29, 1.82) is 0 Å². The van der Waals surface area contributed by atoms with Crippen LogP contribution in [-0.4, -0.2) is 19.7 Å². The Morgan fingerprint density at radius 1 is 1.11 bits per heavy atom. The highest BCUT2D eigenvalue weighted by Gasteiger charge is 2.33. The van der Waals surface area contributed by atoms with Gasteiger partial charge in [0.1, 0.15) is 0 Å². The maximum absolute atomic E-state index is 13.2. The van der Waals surface area contributed by atoms with E-state index in [0.717, 1.165) is 6.07 Å². The largest absolute Gasteiger partial charge is 0.417 e. The van der Waals surface area contributed by atoms with Gasteiger partial charge >= 0.3 is 6.18 Å². The minimum Gasteiger partial charge on any atom is -0.360 e. The molecule has 0 aliphatic carbocycles. The van der Waals surface area contributed by atoms with Crippen molar-refractivity contribution in [2.24, 2.45) is 0 Å². The second kappa shape index (κ2) is 7.99. The molecule has 1 atom stereocenters. The fourth-order valence-electron chi connectivity index (χ4n) is 2.68. The predicted molar refractivity (Wildman–Crippen MR) is 100 cm³/mol. The number of hydrogen-bond acceptors (Lipinski definition) is 2. The summed E-state index contributed by atoms with van der Waals surface area (Å²) in [6.45, 7) is 0. The second-order valence-corrected chi connectivity index (χ2v) is 6.89. The number of hydrogen-bond donors (Lipinski definition) is 3. The minimum absolute atomic E-state index is 0.0198. The van der Waals surface area contributed by atoms with E-state index in [1.54, 1.807) is 24.3 Å². The number of alkyl halides is 3. The summed E-state index contributed by atoms with van der Waals surface area (Å²) in [5, 5.41) is 2.63. The van der Waals surface area contributed by atoms with Crippen LogP contribution in [0, 0.1) is 0 Å². The molecule has 28 heavy (non-hydrogen) atoms. The predicted octanol–water partition coefficient (Wildman–Crippen LogP) is 4.67. The zero-order valence-corrected chi connectivity index (χ0v) is 15.1. The summed E-state index contributed by atoms with van der Waals surface area (Å²) in [6.07, 6.45) is -3.18. The fourth-order valence-corrected chi connectivity index (χ4v) is 3.15. The highest BCUT2D eigenvalue weighted by atomic mass is 32.2. The molecule has 0 bridgehead atoms. The van der Waals surface area contributed by atoms with Crippen molar-refractivity contribution in [3.05, 3.63) is 77.5 Å². The average molecular weight is 408 g/mol. The number of halogens is 3. The summed E-state index contributed by atoms with van der Waals surface area (Å²) in [5.74, 6) is -0.515. The Labute approximate surface area is 160 Å². The van der Waals surface area contributed by atoms with Gasteiger partial charge in [0.15, 0.2) is 11.1 Å². The Bertz CT molecular complexity index is 1010. The Hall–Kier alpha value is -2.91. The number of nitrogens with one attached hydrogen (secondary N) is 2. The number of H-pyrrole nitrogens is 1. The summed E-state index contributed by atoms with van der Waals surface area (Å²) in [7, 11) is 0. The van der Waals surface area contributed by atoms with Crippen LogP contribution in [0.3, 0.4) is 0 Å². The molecule has 0 aliphatic rings. The topological polar surface area (TPSA) is 82.2 Å². The summed E-state index contributed by atoms with van der Waals surface area (Å²) < 4.78 is 59.2. The molecule has 0 aliphatic heterocycles. The number of carbonyl (C=O) groups excluding carboxylic acids is 1. The number of rotatable bonds is 5. The lowest BCUT2D eigenvalue weighted by Crippen LogP contribution is -2.11. The third-order valence-electron chi connectivity index (χ3n) is 3.97. The molecule has 3 N–H and O–H groups in total. The lowest BCUT2D eigenvalue weighted by Gasteiger charge is -2.11. The first-order valence-electron chi connectivity index (χ1n) is 8.07. The number of anilines is 1. The molecule has 3 aromatic rings. The molecule has 2 aromatic carbocycles. The molecule has 0 fully saturated rings. The van der Waals surface area contributed by atoms with Crippen molar-refractivity contribution < 1.29 is 26.7 Å². The Morgan fingerprint density at radius 2 is 1.79 bits per heavy atom. The molecule has 5 nitrogen and oxygen atoms in total. The molecule has 0 saturated heterocycles. The zero-order valence-electron chi connectivity index (χ0n) is 14.3. The second-order valence-electron chi connectivity index (χ2n) is 5.96. The summed E-state index contributed by atoms with van der Waals surface area (Å²) in [4.78, 5) is 15.1. The lowest BCUT2D eigenvalue weighted by molar-refractivity contribution is -0.137. The van der Waals surface area contributed by atoms with Crippen LogP contribution in [0.15, 0.2) is 60.8 Å². The van der Waals surface area contributed by atoms with Gasteiger partial charge in [0.2, 0.25) is 0 Å². The van der Waals surface area contributed by atoms with E-state index >= 15 is 0 Å². The summed E-state index contributed by atoms with van der Waals surface area (Å²) >= 11 is -1.96. The van der Waals surface area contributed by atoms with Crippen LogP contribution in [0.5, 0.6) is 0 Å². The van der Waals surface area contributed by atoms with Gasteiger partial charge in [-0.25, -0.2) is 4.21 Å². The van der Waals surface area contributed by atoms with Crippen LogP contribution < -0.4 is 5.32 Å². The van der Waals surface area contributed by atoms with Gasteiger partial charge in [-0.3, -0.25) is 4.79 Å². The van der Waals surface area contributed by atoms with Crippen molar-refractivity contribution in [1.82, 2.24) is 4.98 Å². The normalized spacial score (nSPS) is 12.6. The molecule has 146 valence electrons. The Morgan fingerprint density at radius 3 is 2.43 bits per heavy atom. The van der Waals surface area contributed by atoms with Crippen molar-refractivity contribution in [3.63, 3.8) is 0 Å². The fraction of sp³-hybridized carbons (Fsp3) is 0.105. The third-order valence-corrected chi connectivity index (χ3v) is 4.55. The average Bonchev–Trinajstić information content (AvgIpc) is 3.12. The molecule has 0 radical (unpaired) electrons. The van der Waals surface area contributed by atoms with Gasteiger partial charge in [0.05, 0.1) is 16.9 Å². The Balaban J connectivity index is 1.77. The number of carbonyl (C=O) groups is 1. The molecule has 1 heterocycles. The first-order chi connectivity index (χ1) is 13.2. The van der Waals surface area contributed by atoms with E-state index in [-0.39, 0.29) is 22.6 Å². The van der Waals surface area contributed by atoms with Crippen molar-refractivity contribution in [2.45, 2.75) is 11.9 Å². The van der Waals surface area contributed by atoms with Crippen LogP contribution in [0.1, 0.15) is 21.5 Å². The molecule has 1 aromatic heterocycles. The van der Waals surface area contributed by atoms with Gasteiger partial charge in [0.25, 0.3) is 5.91 Å². The van der Waals surface area contributed by atoms with Crippen LogP contribution in [0.25, 0.3) is 11.3 Å². The van der Waals surface area contributed by atoms with E-state index in [1.807, 2.05) is 0 Å². The summed E-state index contributed by atoms with van der Waals surface area (Å²) in [5.41, 5.74) is 0.602. The first-order valence-corrected chi connectivity index (χ1v) is 9.34. The van der Waals surface area contributed by atoms with Crippen LogP contribution in [-0.2, 0) is 23.0 Å². The van der Waals surface area contributed by atoms with E-state index in [9.17, 15) is 22.2 Å². The maximum Gasteiger partial charge on any atom is 0.417 e. The molecule has 9 heteroatoms. The zero-order chi connectivity index (χ0) is 20.3. The molecule has 1 amide bonds. The van der Waals surface area contributed by atoms with Crippen molar-refractivity contribution in [3.8, 4) is 11.3 Å². The summed E-state index contributed by atoms with van der Waals surface area (Å²) in [6, 6.07) is 12.8. The van der Waals surface area contributed by atoms with Crippen molar-refractivity contribution in [2.75, 3.05) is 5.32 Å². The van der Waals surface area contributed by atoms with Crippen molar-refractivity contribution >= 4 is 22.7 Å². The van der Waals surface area contributed by atoms with Crippen LogP contribution in [0.4, 0.5) is 18.9 Å². The number of aromatic amines is 1. The smallest absolute Gasteiger partial charge is 0.360 e. The molecule has 0 saturated carbocycles. The van der Waals surface area contributed by atoms with Crippen LogP contribution in [0.2, 0.25) is 0 Å². The highest BCUT2D eigenvalue weighted by molar-refractivity contribution is 7.78. The highest BCUT2D eigenvalue weighted by Crippen LogP contribution is 2.36. The van der Waals surface area contributed by atoms with Gasteiger partial charge in [0, 0.05) is 23.1 Å². The lowest BCUT2D eigenvalue weighted by atomic mass is 10.0. The maximum atomic E-state index is 13.2. The minimum atomic E-state index is -4.51. The number of amides is 1. The van der Waals surface area contributed by atoms with E-state index < -0.39 is 28.7 Å². The van der Waals surface area contributed by atoms with Crippen LogP contribution >= 0.6 is 0 Å². The number of aromatic nitrogens is 1. The monoisotopic (exact) mass is 408 g/mol. The van der Waals surface area contributed by atoms with Gasteiger partial charge < -0.3 is 14.9 Å². The van der Waals surface area contributed by atoms with Gasteiger partial charge in [-0.15, -0.1) is 0 Å².